The Kier molecular flexibility index (Phi) is 3.40. The number of amides is 1. The number of carbonyl (C=O) groups is 1. The first-order valence-electron chi connectivity index (χ1n) is 5.86. The zero-order valence-electron chi connectivity index (χ0n) is 10.0. The fourth-order valence-corrected chi connectivity index (χ4v) is 3.00. The number of hydrogen-bond donors (Lipinski definition) is 0. The molecule has 1 fully saturated rings. The summed E-state index contributed by atoms with van der Waals surface area (Å²) in [5.41, 5.74) is 2.03. The van der Waals surface area contributed by atoms with Crippen LogP contribution < -0.4 is 4.90 Å². The molecule has 0 spiro atoms. The van der Waals surface area contributed by atoms with Crippen LogP contribution in [0.25, 0.3) is 0 Å². The number of carbonyl (C=O) groups excluding carboxylic acids is 1. The molecule has 3 rings (SSSR count). The minimum atomic E-state index is -0.276. The molecule has 19 heavy (non-hydrogen) atoms. The van der Waals surface area contributed by atoms with Crippen LogP contribution in [-0.4, -0.2) is 24.2 Å². The first-order chi connectivity index (χ1) is 9.22. The molecule has 0 unspecified atom stereocenters. The Hall–Kier alpha value is -1.59. The van der Waals surface area contributed by atoms with Gasteiger partial charge in [-0.15, -0.1) is 11.3 Å². The average Bonchev–Trinajstić information content (AvgIpc) is 3.00. The highest BCUT2D eigenvalue weighted by molar-refractivity contribution is 7.15. The molecule has 1 aromatic carbocycles. The molecule has 0 bridgehead atoms. The van der Waals surface area contributed by atoms with Crippen molar-refractivity contribution in [3.63, 3.8) is 0 Å². The van der Waals surface area contributed by atoms with E-state index in [1.807, 2.05) is 24.3 Å². The molecule has 1 aliphatic rings. The molecule has 4 nitrogen and oxygen atoms in total. The number of rotatable bonds is 3. The molecule has 1 aromatic heterocycles. The lowest BCUT2D eigenvalue weighted by Crippen LogP contribution is -2.23. The minimum Gasteiger partial charge on any atom is -0.447 e. The number of hydrogen-bond acceptors (Lipinski definition) is 4. The summed E-state index contributed by atoms with van der Waals surface area (Å²) in [5.74, 6) is 0. The van der Waals surface area contributed by atoms with Gasteiger partial charge in [-0.25, -0.2) is 9.78 Å². The van der Waals surface area contributed by atoms with Gasteiger partial charge in [-0.05, 0) is 17.7 Å². The van der Waals surface area contributed by atoms with Gasteiger partial charge in [0.1, 0.15) is 6.61 Å². The van der Waals surface area contributed by atoms with Crippen LogP contribution in [0.4, 0.5) is 10.5 Å². The van der Waals surface area contributed by atoms with Gasteiger partial charge in [0.2, 0.25) is 0 Å². The SMILES string of the molecule is O=C1OCCN1c1ccc(Cc2cnc(Cl)s2)cc1. The van der Waals surface area contributed by atoms with Crippen molar-refractivity contribution < 1.29 is 9.53 Å². The van der Waals surface area contributed by atoms with Crippen LogP contribution in [0.1, 0.15) is 10.4 Å². The second-order valence-electron chi connectivity index (χ2n) is 4.19. The predicted octanol–water partition coefficient (Wildman–Crippen LogP) is 3.34. The number of halogens is 1. The van der Waals surface area contributed by atoms with E-state index < -0.39 is 0 Å². The molecule has 0 aliphatic carbocycles. The Morgan fingerprint density at radius 3 is 2.74 bits per heavy atom. The van der Waals surface area contributed by atoms with Crippen molar-refractivity contribution in [1.29, 1.82) is 0 Å². The van der Waals surface area contributed by atoms with E-state index in [9.17, 15) is 4.79 Å². The van der Waals surface area contributed by atoms with E-state index in [4.69, 9.17) is 16.3 Å². The highest BCUT2D eigenvalue weighted by atomic mass is 35.5. The van der Waals surface area contributed by atoms with Gasteiger partial charge in [-0.3, -0.25) is 4.90 Å². The number of nitrogens with zero attached hydrogens (tertiary/aromatic N) is 2. The van der Waals surface area contributed by atoms with Gasteiger partial charge in [-0.2, -0.15) is 0 Å². The minimum absolute atomic E-state index is 0.276. The van der Waals surface area contributed by atoms with E-state index in [0.29, 0.717) is 17.6 Å². The van der Waals surface area contributed by atoms with Gasteiger partial charge in [-0.1, -0.05) is 23.7 Å². The molecule has 1 saturated heterocycles. The van der Waals surface area contributed by atoms with Crippen molar-refractivity contribution in [1.82, 2.24) is 4.98 Å². The molecule has 1 amide bonds. The van der Waals surface area contributed by atoms with Gasteiger partial charge >= 0.3 is 6.09 Å². The van der Waals surface area contributed by atoms with Crippen LogP contribution >= 0.6 is 22.9 Å². The average molecular weight is 295 g/mol. The van der Waals surface area contributed by atoms with Crippen molar-refractivity contribution in [2.24, 2.45) is 0 Å². The quantitative estimate of drug-likeness (QED) is 0.872. The lowest BCUT2D eigenvalue weighted by molar-refractivity contribution is 0.181. The number of benzene rings is 1. The molecule has 98 valence electrons. The number of aromatic nitrogens is 1. The van der Waals surface area contributed by atoms with Crippen molar-refractivity contribution in [3.8, 4) is 0 Å². The topological polar surface area (TPSA) is 42.4 Å². The van der Waals surface area contributed by atoms with Crippen LogP contribution in [0.3, 0.4) is 0 Å². The van der Waals surface area contributed by atoms with E-state index in [1.54, 1.807) is 11.1 Å². The highest BCUT2D eigenvalue weighted by Crippen LogP contribution is 2.23. The van der Waals surface area contributed by atoms with Gasteiger partial charge in [0.25, 0.3) is 0 Å². The second-order valence-corrected chi connectivity index (χ2v) is 5.89. The third kappa shape index (κ3) is 2.72. The normalized spacial score (nSPS) is 14.8. The summed E-state index contributed by atoms with van der Waals surface area (Å²) < 4.78 is 5.48. The number of anilines is 1. The lowest BCUT2D eigenvalue weighted by Gasteiger charge is -2.12. The summed E-state index contributed by atoms with van der Waals surface area (Å²) in [7, 11) is 0. The molecule has 6 heteroatoms. The lowest BCUT2D eigenvalue weighted by atomic mass is 10.1. The van der Waals surface area contributed by atoms with Gasteiger partial charge in [0.15, 0.2) is 4.47 Å². The molecule has 2 aromatic rings. The van der Waals surface area contributed by atoms with Crippen LogP contribution in [-0.2, 0) is 11.2 Å². The number of thiazole rings is 1. The van der Waals surface area contributed by atoms with Crippen LogP contribution in [0.2, 0.25) is 4.47 Å². The van der Waals surface area contributed by atoms with E-state index in [0.717, 1.165) is 22.5 Å². The summed E-state index contributed by atoms with van der Waals surface area (Å²) in [4.78, 5) is 18.2. The first kappa shape index (κ1) is 12.4. The Balaban J connectivity index is 1.73. The molecule has 0 atom stereocenters. The van der Waals surface area contributed by atoms with Crippen molar-refractivity contribution >= 4 is 34.7 Å². The molecule has 0 radical (unpaired) electrons. The van der Waals surface area contributed by atoms with Gasteiger partial charge < -0.3 is 4.74 Å². The molecule has 1 aliphatic heterocycles. The Bertz CT molecular complexity index is 597. The van der Waals surface area contributed by atoms with E-state index >= 15 is 0 Å². The Morgan fingerprint density at radius 1 is 1.37 bits per heavy atom. The maximum atomic E-state index is 11.4. The van der Waals surface area contributed by atoms with Crippen molar-refractivity contribution in [2.45, 2.75) is 6.42 Å². The predicted molar refractivity (Wildman–Crippen MR) is 75.1 cm³/mol. The van der Waals surface area contributed by atoms with E-state index in [-0.39, 0.29) is 6.09 Å². The van der Waals surface area contributed by atoms with Gasteiger partial charge in [0, 0.05) is 23.2 Å². The summed E-state index contributed by atoms with van der Waals surface area (Å²) in [6.07, 6.45) is 2.32. The van der Waals surface area contributed by atoms with Crippen LogP contribution in [0.15, 0.2) is 30.5 Å². The van der Waals surface area contributed by atoms with E-state index in [1.165, 1.54) is 11.3 Å². The zero-order valence-corrected chi connectivity index (χ0v) is 11.6. The number of cyclic esters (lactones) is 1. The highest BCUT2D eigenvalue weighted by Gasteiger charge is 2.23. The van der Waals surface area contributed by atoms with Gasteiger partial charge in [0.05, 0.1) is 6.54 Å². The zero-order chi connectivity index (χ0) is 13.2. The fraction of sp³-hybridized carbons (Fsp3) is 0.231. The third-order valence-corrected chi connectivity index (χ3v) is 4.03. The molecule has 0 N–H and O–H groups in total. The molecular weight excluding hydrogens is 284 g/mol. The third-order valence-electron chi connectivity index (χ3n) is 2.91. The van der Waals surface area contributed by atoms with Crippen molar-refractivity contribution in [3.05, 3.63) is 45.4 Å². The summed E-state index contributed by atoms with van der Waals surface area (Å²) >= 11 is 7.29. The molecular formula is C13H11ClN2O2S. The smallest absolute Gasteiger partial charge is 0.414 e. The molecule has 0 saturated carbocycles. The Labute approximate surface area is 119 Å². The summed E-state index contributed by atoms with van der Waals surface area (Å²) in [6.45, 7) is 1.07. The molecule has 2 heterocycles. The second kappa shape index (κ2) is 5.19. The monoisotopic (exact) mass is 294 g/mol. The summed E-state index contributed by atoms with van der Waals surface area (Å²) in [5, 5.41) is 0. The standard InChI is InChI=1S/C13H11ClN2O2S/c14-12-15-8-11(19-12)7-9-1-3-10(4-2-9)16-5-6-18-13(16)17/h1-4,8H,5-7H2. The number of ether oxygens (including phenoxy) is 1. The first-order valence-corrected chi connectivity index (χ1v) is 7.05. The maximum absolute atomic E-state index is 11.4. The Morgan fingerprint density at radius 2 is 2.16 bits per heavy atom. The van der Waals surface area contributed by atoms with Crippen LogP contribution in [0, 0.1) is 0 Å². The maximum Gasteiger partial charge on any atom is 0.414 e. The summed E-state index contributed by atoms with van der Waals surface area (Å²) in [6, 6.07) is 7.89. The fourth-order valence-electron chi connectivity index (χ4n) is 1.99. The van der Waals surface area contributed by atoms with Crippen LogP contribution in [0.5, 0.6) is 0 Å². The van der Waals surface area contributed by atoms with E-state index in [2.05, 4.69) is 4.98 Å². The van der Waals surface area contributed by atoms with Crippen molar-refractivity contribution in [2.75, 3.05) is 18.1 Å². The largest absolute Gasteiger partial charge is 0.447 e.